The molecule has 0 saturated carbocycles. The molecular weight excluding hydrogens is 310 g/mol. The summed E-state index contributed by atoms with van der Waals surface area (Å²) in [6.07, 6.45) is 1.66. The second kappa shape index (κ2) is 4.28. The molecule has 14 heavy (non-hydrogen) atoms. The van der Waals surface area contributed by atoms with Crippen LogP contribution in [0.1, 0.15) is 5.56 Å². The molecule has 0 N–H and O–H groups in total. The zero-order valence-corrected chi connectivity index (χ0v) is 10.4. The third-order valence-electron chi connectivity index (χ3n) is 1.90. The van der Waals surface area contributed by atoms with Gasteiger partial charge in [-0.15, -0.1) is 0 Å². The zero-order chi connectivity index (χ0) is 9.97. The number of alkyl halides is 1. The lowest BCUT2D eigenvalue weighted by atomic mass is 10.1. The highest BCUT2D eigenvalue weighted by Crippen LogP contribution is 2.25. The second-order valence-corrected chi connectivity index (χ2v) is 4.31. The van der Waals surface area contributed by atoms with E-state index in [4.69, 9.17) is 4.52 Å². The summed E-state index contributed by atoms with van der Waals surface area (Å²) in [6.45, 7) is 0. The summed E-state index contributed by atoms with van der Waals surface area (Å²) in [7, 11) is 0. The van der Waals surface area contributed by atoms with E-state index in [1.807, 2.05) is 24.3 Å². The van der Waals surface area contributed by atoms with Crippen LogP contribution in [0, 0.1) is 0 Å². The van der Waals surface area contributed by atoms with Gasteiger partial charge in [0.25, 0.3) is 0 Å². The molecule has 0 bridgehead atoms. The molecule has 72 valence electrons. The fourth-order valence-electron chi connectivity index (χ4n) is 1.20. The van der Waals surface area contributed by atoms with Gasteiger partial charge in [0.2, 0.25) is 0 Å². The molecule has 2 nitrogen and oxygen atoms in total. The van der Waals surface area contributed by atoms with Crippen molar-refractivity contribution in [2.24, 2.45) is 0 Å². The van der Waals surface area contributed by atoms with Gasteiger partial charge in [0.15, 0.2) is 0 Å². The number of nitrogens with zero attached hydrogens (tertiary/aromatic N) is 1. The second-order valence-electron chi connectivity index (χ2n) is 2.83. The van der Waals surface area contributed by atoms with Crippen LogP contribution < -0.4 is 0 Å². The number of rotatable bonds is 2. The monoisotopic (exact) mass is 315 g/mol. The lowest BCUT2D eigenvalue weighted by Gasteiger charge is -1.97. The molecular formula is C10H7Br2NO. The summed E-state index contributed by atoms with van der Waals surface area (Å²) in [5.74, 6) is 0. The first-order chi connectivity index (χ1) is 6.81. The molecule has 0 spiro atoms. The number of hydrogen-bond donors (Lipinski definition) is 0. The van der Waals surface area contributed by atoms with E-state index in [1.165, 1.54) is 0 Å². The highest BCUT2D eigenvalue weighted by atomic mass is 79.9. The first-order valence-corrected chi connectivity index (χ1v) is 5.98. The largest absolute Gasteiger partial charge is 0.364 e. The van der Waals surface area contributed by atoms with E-state index < -0.39 is 0 Å². The van der Waals surface area contributed by atoms with Gasteiger partial charge in [-0.1, -0.05) is 49.1 Å². The van der Waals surface area contributed by atoms with E-state index in [-0.39, 0.29) is 0 Å². The van der Waals surface area contributed by atoms with Crippen LogP contribution in [-0.2, 0) is 5.33 Å². The van der Waals surface area contributed by atoms with Crippen molar-refractivity contribution in [3.8, 4) is 11.3 Å². The first kappa shape index (κ1) is 9.93. The minimum Gasteiger partial charge on any atom is -0.364 e. The standard InChI is InChI=1S/C10H7Br2NO/c11-5-8-6-14-13-10(8)7-1-3-9(12)4-2-7/h1-4,6H,5H2. The summed E-state index contributed by atoms with van der Waals surface area (Å²) in [4.78, 5) is 0. The Bertz CT molecular complexity index is 422. The molecule has 0 aliphatic rings. The Balaban J connectivity index is 2.44. The predicted octanol–water partition coefficient (Wildman–Crippen LogP) is 4.00. The molecule has 0 aliphatic heterocycles. The molecule has 0 unspecified atom stereocenters. The summed E-state index contributed by atoms with van der Waals surface area (Å²) >= 11 is 6.78. The van der Waals surface area contributed by atoms with Crippen LogP contribution in [0.15, 0.2) is 39.5 Å². The zero-order valence-electron chi connectivity index (χ0n) is 7.21. The van der Waals surface area contributed by atoms with Crippen LogP contribution in [0.2, 0.25) is 0 Å². The highest BCUT2D eigenvalue weighted by molar-refractivity contribution is 9.10. The summed E-state index contributed by atoms with van der Waals surface area (Å²) in [6, 6.07) is 7.99. The van der Waals surface area contributed by atoms with Crippen molar-refractivity contribution < 1.29 is 4.52 Å². The normalized spacial score (nSPS) is 10.4. The molecule has 0 amide bonds. The maximum absolute atomic E-state index is 4.93. The van der Waals surface area contributed by atoms with Crippen LogP contribution in [0.5, 0.6) is 0 Å². The molecule has 1 aromatic heterocycles. The minimum absolute atomic E-state index is 0.752. The van der Waals surface area contributed by atoms with Crippen LogP contribution in [0.3, 0.4) is 0 Å². The van der Waals surface area contributed by atoms with Crippen molar-refractivity contribution in [3.05, 3.63) is 40.6 Å². The molecule has 0 saturated heterocycles. The highest BCUT2D eigenvalue weighted by Gasteiger charge is 2.08. The third-order valence-corrected chi connectivity index (χ3v) is 3.04. The minimum atomic E-state index is 0.752. The fourth-order valence-corrected chi connectivity index (χ4v) is 1.86. The van der Waals surface area contributed by atoms with E-state index >= 15 is 0 Å². The van der Waals surface area contributed by atoms with E-state index in [9.17, 15) is 0 Å². The van der Waals surface area contributed by atoms with Gasteiger partial charge in [-0.25, -0.2) is 0 Å². The number of benzene rings is 1. The predicted molar refractivity (Wildman–Crippen MR) is 62.3 cm³/mol. The smallest absolute Gasteiger partial charge is 0.128 e. The van der Waals surface area contributed by atoms with Gasteiger partial charge in [-0.2, -0.15) is 0 Å². The van der Waals surface area contributed by atoms with Gasteiger partial charge in [0.1, 0.15) is 12.0 Å². The van der Waals surface area contributed by atoms with Crippen molar-refractivity contribution in [1.29, 1.82) is 0 Å². The SMILES string of the molecule is BrCc1conc1-c1ccc(Br)cc1. The van der Waals surface area contributed by atoms with Gasteiger partial charge in [-0.3, -0.25) is 0 Å². The van der Waals surface area contributed by atoms with Gasteiger partial charge < -0.3 is 4.52 Å². The lowest BCUT2D eigenvalue weighted by molar-refractivity contribution is 0.421. The molecule has 1 aromatic carbocycles. The Kier molecular flexibility index (Phi) is 3.03. The summed E-state index contributed by atoms with van der Waals surface area (Å²) in [5, 5.41) is 4.72. The third kappa shape index (κ3) is 1.91. The van der Waals surface area contributed by atoms with Gasteiger partial charge in [0, 0.05) is 20.9 Å². The van der Waals surface area contributed by atoms with E-state index in [0.717, 1.165) is 26.6 Å². The van der Waals surface area contributed by atoms with Crippen LogP contribution >= 0.6 is 31.9 Å². The molecule has 0 fully saturated rings. The van der Waals surface area contributed by atoms with Crippen molar-refractivity contribution in [3.63, 3.8) is 0 Å². The van der Waals surface area contributed by atoms with E-state index in [2.05, 4.69) is 37.0 Å². The average Bonchev–Trinajstić information content (AvgIpc) is 2.67. The summed E-state index contributed by atoms with van der Waals surface area (Å²) in [5.41, 5.74) is 3.03. The maximum atomic E-state index is 4.93. The number of hydrogen-bond acceptors (Lipinski definition) is 2. The number of halogens is 2. The lowest BCUT2D eigenvalue weighted by Crippen LogP contribution is -1.82. The van der Waals surface area contributed by atoms with E-state index in [1.54, 1.807) is 6.26 Å². The van der Waals surface area contributed by atoms with Crippen molar-refractivity contribution >= 4 is 31.9 Å². The molecule has 2 rings (SSSR count). The van der Waals surface area contributed by atoms with Crippen LogP contribution in [0.4, 0.5) is 0 Å². The van der Waals surface area contributed by atoms with Gasteiger partial charge >= 0.3 is 0 Å². The molecule has 2 aromatic rings. The maximum Gasteiger partial charge on any atom is 0.128 e. The molecule has 0 atom stereocenters. The van der Waals surface area contributed by atoms with Crippen molar-refractivity contribution in [2.75, 3.05) is 0 Å². The van der Waals surface area contributed by atoms with Crippen LogP contribution in [-0.4, -0.2) is 5.16 Å². The Morgan fingerprint density at radius 3 is 2.57 bits per heavy atom. The topological polar surface area (TPSA) is 26.0 Å². The summed E-state index contributed by atoms with van der Waals surface area (Å²) < 4.78 is 5.99. The molecule has 0 radical (unpaired) electrons. The average molecular weight is 317 g/mol. The van der Waals surface area contributed by atoms with Crippen molar-refractivity contribution in [2.45, 2.75) is 5.33 Å². The van der Waals surface area contributed by atoms with Crippen LogP contribution in [0.25, 0.3) is 11.3 Å². The molecule has 1 heterocycles. The van der Waals surface area contributed by atoms with Crippen molar-refractivity contribution in [1.82, 2.24) is 5.16 Å². The van der Waals surface area contributed by atoms with Gasteiger partial charge in [-0.05, 0) is 12.1 Å². The Labute approximate surface area is 98.6 Å². The first-order valence-electron chi connectivity index (χ1n) is 4.06. The van der Waals surface area contributed by atoms with E-state index in [0.29, 0.717) is 0 Å². The Morgan fingerprint density at radius 1 is 1.21 bits per heavy atom. The fraction of sp³-hybridized carbons (Fsp3) is 0.100. The molecule has 4 heteroatoms. The quantitative estimate of drug-likeness (QED) is 0.783. The Morgan fingerprint density at radius 2 is 1.93 bits per heavy atom. The molecule has 0 aliphatic carbocycles. The number of aromatic nitrogens is 1. The Hall–Kier alpha value is -0.610. The van der Waals surface area contributed by atoms with Gasteiger partial charge in [0.05, 0.1) is 0 Å².